The van der Waals surface area contributed by atoms with Crippen LogP contribution in [0.2, 0.25) is 0 Å². The van der Waals surface area contributed by atoms with E-state index < -0.39 is 5.97 Å². The Morgan fingerprint density at radius 1 is 1.56 bits per heavy atom. The minimum atomic E-state index is -0.839. The summed E-state index contributed by atoms with van der Waals surface area (Å²) in [5, 5.41) is 20.4. The van der Waals surface area contributed by atoms with Crippen LogP contribution in [0.15, 0.2) is 4.34 Å². The van der Waals surface area contributed by atoms with Crippen LogP contribution >= 0.6 is 23.1 Å². The molecular weight excluding hydrogens is 274 g/mol. The van der Waals surface area contributed by atoms with E-state index in [0.29, 0.717) is 11.6 Å². The molecule has 0 bridgehead atoms. The monoisotopic (exact) mass is 285 g/mol. The van der Waals surface area contributed by atoms with Crippen molar-refractivity contribution in [2.24, 2.45) is 7.05 Å². The highest BCUT2D eigenvalue weighted by Gasteiger charge is 2.12. The third kappa shape index (κ3) is 3.26. The highest BCUT2D eigenvalue weighted by Crippen LogP contribution is 2.29. The van der Waals surface area contributed by atoms with Crippen molar-refractivity contribution in [2.75, 3.05) is 0 Å². The fraction of sp³-hybridized carbons (Fsp3) is 0.444. The second-order valence-corrected chi connectivity index (χ2v) is 5.85. The Bertz CT molecular complexity index is 565. The van der Waals surface area contributed by atoms with E-state index in [-0.39, 0.29) is 6.42 Å². The summed E-state index contributed by atoms with van der Waals surface area (Å²) in [6, 6.07) is 0. The van der Waals surface area contributed by atoms with Crippen LogP contribution in [0.4, 0.5) is 0 Å². The number of tetrazole rings is 1. The minimum Gasteiger partial charge on any atom is -0.481 e. The lowest BCUT2D eigenvalue weighted by atomic mass is 10.3. The van der Waals surface area contributed by atoms with Crippen molar-refractivity contribution < 1.29 is 9.90 Å². The number of rotatable bonds is 5. The van der Waals surface area contributed by atoms with Crippen molar-refractivity contribution in [3.63, 3.8) is 0 Å². The van der Waals surface area contributed by atoms with Crippen LogP contribution in [0.1, 0.15) is 16.4 Å². The molecule has 2 aromatic heterocycles. The molecule has 0 fully saturated rings. The molecule has 18 heavy (non-hydrogen) atoms. The summed E-state index contributed by atoms with van der Waals surface area (Å²) in [6.45, 7) is 1.82. The maximum absolute atomic E-state index is 10.7. The molecule has 2 heterocycles. The SMILES string of the molecule is Cc1nc(SCc2nnn(C)n2)sc1CC(=O)O. The number of thioether (sulfide) groups is 1. The number of nitrogens with zero attached hydrogens (tertiary/aromatic N) is 5. The number of thiazole rings is 1. The van der Waals surface area contributed by atoms with Gasteiger partial charge >= 0.3 is 5.97 Å². The second kappa shape index (κ2) is 5.44. The van der Waals surface area contributed by atoms with Gasteiger partial charge in [-0.2, -0.15) is 4.80 Å². The van der Waals surface area contributed by atoms with Crippen LogP contribution in [0.25, 0.3) is 0 Å². The van der Waals surface area contributed by atoms with Gasteiger partial charge in [0.2, 0.25) is 0 Å². The van der Waals surface area contributed by atoms with E-state index in [9.17, 15) is 4.79 Å². The molecule has 0 radical (unpaired) electrons. The highest BCUT2D eigenvalue weighted by atomic mass is 32.2. The zero-order chi connectivity index (χ0) is 13.1. The van der Waals surface area contributed by atoms with E-state index in [1.807, 2.05) is 6.92 Å². The largest absolute Gasteiger partial charge is 0.481 e. The maximum Gasteiger partial charge on any atom is 0.308 e. The Kier molecular flexibility index (Phi) is 3.92. The molecule has 1 N–H and O–H groups in total. The lowest BCUT2D eigenvalue weighted by Crippen LogP contribution is -1.99. The third-order valence-electron chi connectivity index (χ3n) is 2.06. The van der Waals surface area contributed by atoms with Crippen LogP contribution in [0.5, 0.6) is 0 Å². The summed E-state index contributed by atoms with van der Waals surface area (Å²) in [5.74, 6) is 0.372. The number of aromatic nitrogens is 5. The van der Waals surface area contributed by atoms with Gasteiger partial charge in [0.15, 0.2) is 10.2 Å². The number of carboxylic acids is 1. The van der Waals surface area contributed by atoms with Crippen molar-refractivity contribution in [1.29, 1.82) is 0 Å². The average molecular weight is 285 g/mol. The van der Waals surface area contributed by atoms with Gasteiger partial charge in [0.1, 0.15) is 0 Å². The first-order chi connectivity index (χ1) is 8.54. The summed E-state index contributed by atoms with van der Waals surface area (Å²) in [6.07, 6.45) is 0.0213. The van der Waals surface area contributed by atoms with E-state index in [1.165, 1.54) is 27.9 Å². The van der Waals surface area contributed by atoms with Crippen molar-refractivity contribution in [3.05, 3.63) is 16.4 Å². The van der Waals surface area contributed by atoms with Gasteiger partial charge in [0.25, 0.3) is 0 Å². The molecule has 0 amide bonds. The Balaban J connectivity index is 1.99. The molecule has 0 spiro atoms. The highest BCUT2D eigenvalue weighted by molar-refractivity contribution is 8.00. The molecule has 0 saturated heterocycles. The van der Waals surface area contributed by atoms with Crippen molar-refractivity contribution >= 4 is 29.1 Å². The molecule has 96 valence electrons. The maximum atomic E-state index is 10.7. The summed E-state index contributed by atoms with van der Waals surface area (Å²) >= 11 is 2.89. The quantitative estimate of drug-likeness (QED) is 0.815. The molecule has 0 aromatic carbocycles. The lowest BCUT2D eigenvalue weighted by molar-refractivity contribution is -0.136. The first kappa shape index (κ1) is 13.0. The first-order valence-corrected chi connectivity index (χ1v) is 6.88. The van der Waals surface area contributed by atoms with E-state index in [1.54, 1.807) is 7.05 Å². The van der Waals surface area contributed by atoms with Crippen molar-refractivity contribution in [3.8, 4) is 0 Å². The van der Waals surface area contributed by atoms with Crippen LogP contribution in [0.3, 0.4) is 0 Å². The predicted octanol–water partition coefficient (Wildman–Crippen LogP) is 0.894. The second-order valence-electron chi connectivity index (χ2n) is 3.54. The zero-order valence-corrected chi connectivity index (χ0v) is 11.5. The number of carboxylic acid groups (broad SMARTS) is 1. The van der Waals surface area contributed by atoms with E-state index in [2.05, 4.69) is 20.4 Å². The standard InChI is InChI=1S/C9H11N5O2S2/c1-5-6(3-8(15)16)18-9(10-5)17-4-7-11-13-14(2)12-7/h3-4H2,1-2H3,(H,15,16). The fourth-order valence-corrected chi connectivity index (χ4v) is 3.34. The molecule has 2 rings (SSSR count). The van der Waals surface area contributed by atoms with Gasteiger partial charge in [-0.25, -0.2) is 4.98 Å². The first-order valence-electron chi connectivity index (χ1n) is 5.08. The molecule has 0 saturated carbocycles. The van der Waals surface area contributed by atoms with Crippen molar-refractivity contribution in [2.45, 2.75) is 23.4 Å². The average Bonchev–Trinajstić information content (AvgIpc) is 2.83. The number of carbonyl (C=O) groups is 1. The van der Waals surface area contributed by atoms with E-state index in [4.69, 9.17) is 5.11 Å². The molecule has 9 heteroatoms. The number of hydrogen-bond donors (Lipinski definition) is 1. The van der Waals surface area contributed by atoms with Crippen LogP contribution in [0, 0.1) is 6.92 Å². The van der Waals surface area contributed by atoms with Crippen molar-refractivity contribution in [1.82, 2.24) is 25.2 Å². The topological polar surface area (TPSA) is 93.8 Å². The molecule has 0 aliphatic heterocycles. The zero-order valence-electron chi connectivity index (χ0n) is 9.82. The van der Waals surface area contributed by atoms with Gasteiger partial charge in [-0.15, -0.1) is 21.5 Å². The molecule has 7 nitrogen and oxygen atoms in total. The molecular formula is C9H11N5O2S2. The van der Waals surface area contributed by atoms with Gasteiger partial charge < -0.3 is 5.11 Å². The summed E-state index contributed by atoms with van der Waals surface area (Å²) in [5.41, 5.74) is 0.775. The Morgan fingerprint density at radius 2 is 2.33 bits per heavy atom. The fourth-order valence-electron chi connectivity index (χ4n) is 1.27. The Labute approximate surface area is 111 Å². The van der Waals surface area contributed by atoms with Gasteiger partial charge in [-0.3, -0.25) is 4.79 Å². The summed E-state index contributed by atoms with van der Waals surface area (Å²) in [7, 11) is 1.71. The number of hydrogen-bond acceptors (Lipinski definition) is 7. The smallest absolute Gasteiger partial charge is 0.308 e. The van der Waals surface area contributed by atoms with E-state index >= 15 is 0 Å². The molecule has 0 aliphatic carbocycles. The third-order valence-corrected chi connectivity index (χ3v) is 4.36. The van der Waals surface area contributed by atoms with Gasteiger partial charge in [0, 0.05) is 4.88 Å². The summed E-state index contributed by atoms with van der Waals surface area (Å²) in [4.78, 5) is 17.2. The summed E-state index contributed by atoms with van der Waals surface area (Å²) < 4.78 is 0.830. The van der Waals surface area contributed by atoms with Crippen LogP contribution in [-0.2, 0) is 24.0 Å². The van der Waals surface area contributed by atoms with Crippen LogP contribution < -0.4 is 0 Å². The number of aryl methyl sites for hydroxylation is 2. The molecule has 0 atom stereocenters. The van der Waals surface area contributed by atoms with Gasteiger partial charge in [-0.1, -0.05) is 11.8 Å². The Hall–Kier alpha value is -1.48. The Morgan fingerprint density at radius 3 is 2.94 bits per heavy atom. The van der Waals surface area contributed by atoms with Crippen LogP contribution in [-0.4, -0.2) is 36.3 Å². The lowest BCUT2D eigenvalue weighted by Gasteiger charge is -1.90. The van der Waals surface area contributed by atoms with Gasteiger partial charge in [0.05, 0.1) is 24.9 Å². The number of aliphatic carboxylic acids is 1. The molecule has 0 aliphatic rings. The minimum absolute atomic E-state index is 0.0213. The predicted molar refractivity (Wildman–Crippen MR) is 66.5 cm³/mol. The van der Waals surface area contributed by atoms with E-state index in [0.717, 1.165) is 14.9 Å². The molecule has 0 unspecified atom stereocenters. The normalized spacial score (nSPS) is 10.8. The van der Waals surface area contributed by atoms with Gasteiger partial charge in [-0.05, 0) is 12.1 Å². The molecule has 2 aromatic rings.